The van der Waals surface area contributed by atoms with Gasteiger partial charge in [-0.1, -0.05) is 25.9 Å². The number of carbonyl (C=O) groups is 1. The second kappa shape index (κ2) is 6.22. The van der Waals surface area contributed by atoms with E-state index in [2.05, 4.69) is 46.3 Å². The predicted octanol–water partition coefficient (Wildman–Crippen LogP) is 1.94. The van der Waals surface area contributed by atoms with Crippen molar-refractivity contribution in [2.45, 2.75) is 33.1 Å². The van der Waals surface area contributed by atoms with E-state index in [1.54, 1.807) is 6.92 Å². The van der Waals surface area contributed by atoms with Gasteiger partial charge in [-0.25, -0.2) is 0 Å². The maximum atomic E-state index is 12.0. The first kappa shape index (κ1) is 16.4. The normalized spacial score (nSPS) is 15.2. The summed E-state index contributed by atoms with van der Waals surface area (Å²) in [7, 11) is 0. The summed E-state index contributed by atoms with van der Waals surface area (Å²) >= 11 is 0. The van der Waals surface area contributed by atoms with E-state index in [0.29, 0.717) is 23.8 Å². The molecule has 1 fully saturated rings. The van der Waals surface area contributed by atoms with Crippen molar-refractivity contribution < 1.29 is 9.32 Å². The van der Waals surface area contributed by atoms with E-state index in [-0.39, 0.29) is 11.3 Å². The first-order valence-electron chi connectivity index (χ1n) is 8.13. The van der Waals surface area contributed by atoms with E-state index in [9.17, 15) is 4.79 Å². The number of amides is 1. The summed E-state index contributed by atoms with van der Waals surface area (Å²) in [4.78, 5) is 14.2. The maximum absolute atomic E-state index is 12.0. The monoisotopic (exact) mass is 329 g/mol. The minimum Gasteiger partial charge on any atom is -0.361 e. The zero-order chi connectivity index (χ0) is 17.3. The molecule has 1 aliphatic rings. The average molecular weight is 329 g/mol. The minimum atomic E-state index is -0.137. The molecule has 128 valence electrons. The van der Waals surface area contributed by atoms with Gasteiger partial charge in [-0.2, -0.15) is 5.10 Å². The second-order valence-electron chi connectivity index (χ2n) is 7.30. The molecule has 0 saturated carbocycles. The molecule has 3 heterocycles. The third-order valence-corrected chi connectivity index (χ3v) is 4.25. The fourth-order valence-corrected chi connectivity index (χ4v) is 2.63. The number of anilines is 1. The molecule has 2 aromatic heterocycles. The molecule has 24 heavy (non-hydrogen) atoms. The van der Waals surface area contributed by atoms with Crippen LogP contribution in [0.1, 0.15) is 42.6 Å². The molecule has 1 N–H and O–H groups in total. The lowest BCUT2D eigenvalue weighted by Gasteiger charge is -2.40. The Hall–Kier alpha value is -2.44. The number of carbonyl (C=O) groups excluding carboxylic acids is 1. The van der Waals surface area contributed by atoms with Gasteiger partial charge in [0.1, 0.15) is 11.3 Å². The third-order valence-electron chi connectivity index (χ3n) is 4.25. The molecule has 0 spiro atoms. The van der Waals surface area contributed by atoms with E-state index in [0.717, 1.165) is 24.6 Å². The number of aromatic nitrogens is 3. The van der Waals surface area contributed by atoms with Gasteiger partial charge >= 0.3 is 0 Å². The Kier molecular flexibility index (Phi) is 4.26. The van der Waals surface area contributed by atoms with Gasteiger partial charge in [0.05, 0.1) is 11.9 Å². The van der Waals surface area contributed by atoms with Crippen LogP contribution in [0.4, 0.5) is 5.82 Å². The summed E-state index contributed by atoms with van der Waals surface area (Å²) in [5.74, 6) is 1.71. The van der Waals surface area contributed by atoms with Crippen molar-refractivity contribution in [3.05, 3.63) is 35.3 Å². The highest BCUT2D eigenvalue weighted by Gasteiger charge is 2.29. The van der Waals surface area contributed by atoms with E-state index >= 15 is 0 Å². The molecule has 2 aromatic rings. The number of hydrogen-bond donors (Lipinski definition) is 1. The van der Waals surface area contributed by atoms with Crippen LogP contribution in [-0.2, 0) is 5.41 Å². The van der Waals surface area contributed by atoms with Gasteiger partial charge in [-0.3, -0.25) is 4.79 Å². The van der Waals surface area contributed by atoms with Gasteiger partial charge in [-0.05, 0) is 19.1 Å². The highest BCUT2D eigenvalue weighted by molar-refractivity contribution is 5.94. The standard InChI is InChI=1S/C17H23N5O2/c1-11-13(8-19-24-11)16(23)18-7-12-9-22(10-12)15-6-5-14(20-21-15)17(2,3)4/h5-6,8,12H,7,9-10H2,1-4H3,(H,18,23). The molecule has 1 saturated heterocycles. The number of nitrogens with zero attached hydrogens (tertiary/aromatic N) is 4. The molecule has 0 aliphatic carbocycles. The summed E-state index contributed by atoms with van der Waals surface area (Å²) in [6, 6.07) is 4.05. The van der Waals surface area contributed by atoms with Crippen LogP contribution in [0.15, 0.2) is 22.9 Å². The number of hydrogen-bond acceptors (Lipinski definition) is 6. The van der Waals surface area contributed by atoms with Crippen LogP contribution in [0.25, 0.3) is 0 Å². The maximum Gasteiger partial charge on any atom is 0.256 e. The SMILES string of the molecule is Cc1oncc1C(=O)NCC1CN(c2ccc(C(C)(C)C)nn2)C1. The third kappa shape index (κ3) is 3.39. The molecule has 1 amide bonds. The lowest BCUT2D eigenvalue weighted by atomic mass is 9.92. The lowest BCUT2D eigenvalue weighted by Crippen LogP contribution is -2.52. The van der Waals surface area contributed by atoms with Crippen molar-refractivity contribution in [1.29, 1.82) is 0 Å². The van der Waals surface area contributed by atoms with Crippen molar-refractivity contribution in [1.82, 2.24) is 20.7 Å². The van der Waals surface area contributed by atoms with Crippen LogP contribution in [0.2, 0.25) is 0 Å². The molecule has 7 heteroatoms. The Balaban J connectivity index is 1.47. The van der Waals surface area contributed by atoms with Gasteiger partial charge in [0, 0.05) is 31.0 Å². The summed E-state index contributed by atoms with van der Waals surface area (Å²) in [5.41, 5.74) is 1.49. The first-order valence-corrected chi connectivity index (χ1v) is 8.13. The van der Waals surface area contributed by atoms with E-state index in [4.69, 9.17) is 4.52 Å². The minimum absolute atomic E-state index is 0.00731. The Bertz CT molecular complexity index is 711. The van der Waals surface area contributed by atoms with Crippen molar-refractivity contribution in [2.24, 2.45) is 5.92 Å². The Morgan fingerprint density at radius 3 is 2.62 bits per heavy atom. The van der Waals surface area contributed by atoms with Crippen molar-refractivity contribution in [2.75, 3.05) is 24.5 Å². The second-order valence-corrected chi connectivity index (χ2v) is 7.30. The summed E-state index contributed by atoms with van der Waals surface area (Å²) in [6.07, 6.45) is 1.45. The van der Waals surface area contributed by atoms with Gasteiger partial charge in [0.2, 0.25) is 0 Å². The van der Waals surface area contributed by atoms with Crippen LogP contribution in [0.3, 0.4) is 0 Å². The van der Waals surface area contributed by atoms with Crippen LogP contribution in [0.5, 0.6) is 0 Å². The molecule has 0 bridgehead atoms. The van der Waals surface area contributed by atoms with Crippen LogP contribution in [0, 0.1) is 12.8 Å². The summed E-state index contributed by atoms with van der Waals surface area (Å²) in [6.45, 7) is 10.5. The van der Waals surface area contributed by atoms with Gasteiger partial charge in [0.25, 0.3) is 5.91 Å². The van der Waals surface area contributed by atoms with Crippen molar-refractivity contribution >= 4 is 11.7 Å². The number of rotatable bonds is 4. The molecular weight excluding hydrogens is 306 g/mol. The smallest absolute Gasteiger partial charge is 0.256 e. The molecule has 3 rings (SSSR count). The highest BCUT2D eigenvalue weighted by Crippen LogP contribution is 2.24. The van der Waals surface area contributed by atoms with E-state index in [1.165, 1.54) is 6.20 Å². The highest BCUT2D eigenvalue weighted by atomic mass is 16.5. The summed E-state index contributed by atoms with van der Waals surface area (Å²) < 4.78 is 4.91. The Morgan fingerprint density at radius 2 is 2.08 bits per heavy atom. The van der Waals surface area contributed by atoms with Crippen LogP contribution >= 0.6 is 0 Å². The quantitative estimate of drug-likeness (QED) is 0.923. The number of nitrogens with one attached hydrogen (secondary N) is 1. The Morgan fingerprint density at radius 1 is 1.33 bits per heavy atom. The topological polar surface area (TPSA) is 84.2 Å². The largest absolute Gasteiger partial charge is 0.361 e. The Labute approximate surface area is 141 Å². The van der Waals surface area contributed by atoms with Gasteiger partial charge in [-0.15, -0.1) is 5.10 Å². The summed E-state index contributed by atoms with van der Waals surface area (Å²) in [5, 5.41) is 15.2. The van der Waals surface area contributed by atoms with E-state index < -0.39 is 0 Å². The number of aryl methyl sites for hydroxylation is 1. The van der Waals surface area contributed by atoms with Crippen LogP contribution in [-0.4, -0.2) is 40.9 Å². The fraction of sp³-hybridized carbons (Fsp3) is 0.529. The van der Waals surface area contributed by atoms with Gasteiger partial charge in [0.15, 0.2) is 5.82 Å². The zero-order valence-corrected chi connectivity index (χ0v) is 14.5. The van der Waals surface area contributed by atoms with E-state index in [1.807, 2.05) is 12.1 Å². The zero-order valence-electron chi connectivity index (χ0n) is 14.5. The molecular formula is C17H23N5O2. The average Bonchev–Trinajstić information content (AvgIpc) is 2.91. The molecule has 0 unspecified atom stereocenters. The van der Waals surface area contributed by atoms with Crippen molar-refractivity contribution in [3.63, 3.8) is 0 Å². The molecule has 7 nitrogen and oxygen atoms in total. The first-order chi connectivity index (χ1) is 11.3. The van der Waals surface area contributed by atoms with Crippen molar-refractivity contribution in [3.8, 4) is 0 Å². The predicted molar refractivity (Wildman–Crippen MR) is 90.0 cm³/mol. The van der Waals surface area contributed by atoms with Crippen LogP contribution < -0.4 is 10.2 Å². The fourth-order valence-electron chi connectivity index (χ4n) is 2.63. The molecule has 0 atom stereocenters. The molecule has 0 aromatic carbocycles. The van der Waals surface area contributed by atoms with Gasteiger partial charge < -0.3 is 14.7 Å². The molecule has 1 aliphatic heterocycles. The molecule has 0 radical (unpaired) electrons. The lowest BCUT2D eigenvalue weighted by molar-refractivity contribution is 0.0943.